The Bertz CT molecular complexity index is 651. The van der Waals surface area contributed by atoms with Gasteiger partial charge in [0.25, 0.3) is 5.91 Å². The largest absolute Gasteiger partial charge is 0.393 e. The van der Waals surface area contributed by atoms with E-state index in [4.69, 9.17) is 18.0 Å². The Balaban J connectivity index is 2.34. The van der Waals surface area contributed by atoms with Crippen LogP contribution in [0.15, 0.2) is 36.5 Å². The van der Waals surface area contributed by atoms with Gasteiger partial charge in [0.15, 0.2) is 0 Å². The van der Waals surface area contributed by atoms with Gasteiger partial charge in [-0.1, -0.05) is 30.4 Å². The van der Waals surface area contributed by atoms with Crippen LogP contribution >= 0.6 is 12.2 Å². The van der Waals surface area contributed by atoms with E-state index in [0.29, 0.717) is 17.0 Å². The molecule has 1 aromatic heterocycles. The monoisotopic (exact) mass is 287 g/mol. The molecule has 0 saturated carbocycles. The molecule has 20 heavy (non-hydrogen) atoms. The Morgan fingerprint density at radius 1 is 1.40 bits per heavy atom. The van der Waals surface area contributed by atoms with E-state index < -0.39 is 0 Å². The van der Waals surface area contributed by atoms with Crippen LogP contribution in [0.2, 0.25) is 0 Å². The zero-order chi connectivity index (χ0) is 14.7. The zero-order valence-electron chi connectivity index (χ0n) is 11.5. The summed E-state index contributed by atoms with van der Waals surface area (Å²) < 4.78 is 0. The van der Waals surface area contributed by atoms with Crippen molar-refractivity contribution in [1.29, 1.82) is 0 Å². The van der Waals surface area contributed by atoms with E-state index in [-0.39, 0.29) is 11.9 Å². The van der Waals surface area contributed by atoms with Crippen molar-refractivity contribution in [2.24, 2.45) is 5.73 Å². The Labute approximate surface area is 123 Å². The van der Waals surface area contributed by atoms with Gasteiger partial charge in [-0.15, -0.1) is 0 Å². The lowest BCUT2D eigenvalue weighted by molar-refractivity contribution is 0.0750. The molecule has 0 saturated heterocycles. The number of hydrogen-bond acceptors (Lipinski definition) is 3. The molecule has 2 aromatic rings. The molecule has 0 aliphatic carbocycles. The molecule has 104 valence electrons. The Hall–Kier alpha value is -2.01. The summed E-state index contributed by atoms with van der Waals surface area (Å²) in [4.78, 5) is 18.9. The molecule has 0 radical (unpaired) electrons. The smallest absolute Gasteiger partial charge is 0.254 e. The fourth-order valence-corrected chi connectivity index (χ4v) is 2.34. The summed E-state index contributed by atoms with van der Waals surface area (Å²) in [5.41, 5.74) is 7.00. The number of hydrogen-bond donors (Lipinski definition) is 1. The molecule has 4 nitrogen and oxygen atoms in total. The second-order valence-corrected chi connectivity index (χ2v) is 5.34. The van der Waals surface area contributed by atoms with Crippen LogP contribution in [0.3, 0.4) is 0 Å². The number of aromatic nitrogens is 1. The molecule has 0 bridgehead atoms. The maximum absolute atomic E-state index is 12.6. The van der Waals surface area contributed by atoms with Crippen molar-refractivity contribution in [2.45, 2.75) is 19.4 Å². The summed E-state index contributed by atoms with van der Waals surface area (Å²) in [5, 5.41) is 0.856. The van der Waals surface area contributed by atoms with E-state index in [9.17, 15) is 4.79 Å². The fourth-order valence-electron chi connectivity index (χ4n) is 2.10. The quantitative estimate of drug-likeness (QED) is 0.877. The molecule has 1 unspecified atom stereocenters. The topological polar surface area (TPSA) is 59.2 Å². The molecule has 2 rings (SSSR count). The summed E-state index contributed by atoms with van der Waals surface area (Å²) in [6.07, 6.45) is 2.17. The molecular formula is C15H17N3OS. The first kappa shape index (κ1) is 14.4. The Kier molecular flexibility index (Phi) is 4.29. The molecule has 2 N–H and O–H groups in total. The van der Waals surface area contributed by atoms with Gasteiger partial charge in [-0.05, 0) is 19.1 Å². The van der Waals surface area contributed by atoms with Crippen molar-refractivity contribution in [1.82, 2.24) is 9.88 Å². The van der Waals surface area contributed by atoms with Crippen LogP contribution in [0.25, 0.3) is 10.9 Å². The minimum Gasteiger partial charge on any atom is -0.393 e. The molecule has 0 fully saturated rings. The number of fused-ring (bicyclic) bond motifs is 1. The number of nitrogens with two attached hydrogens (primary N) is 1. The van der Waals surface area contributed by atoms with Gasteiger partial charge in [0.2, 0.25) is 0 Å². The van der Waals surface area contributed by atoms with Gasteiger partial charge in [0.1, 0.15) is 0 Å². The fraction of sp³-hybridized carbons (Fsp3) is 0.267. The maximum atomic E-state index is 12.6. The predicted octanol–water partition coefficient (Wildman–Crippen LogP) is 2.37. The van der Waals surface area contributed by atoms with Crippen LogP contribution in [0.1, 0.15) is 23.7 Å². The number of amides is 1. The lowest BCUT2D eigenvalue weighted by Crippen LogP contribution is -2.37. The first-order valence-corrected chi connectivity index (χ1v) is 6.80. The molecule has 5 heteroatoms. The number of thiocarbonyl (C=S) groups is 1. The first-order valence-electron chi connectivity index (χ1n) is 6.40. The van der Waals surface area contributed by atoms with Gasteiger partial charge >= 0.3 is 0 Å². The number of nitrogens with zero attached hydrogens (tertiary/aromatic N) is 2. The standard InChI is InChI=1S/C15H17N3OS/c1-10(9-14(16)20)18(2)15(19)12-7-8-17-13-6-4-3-5-11(12)13/h3-8,10H,9H2,1-2H3,(H2,16,20). The first-order chi connectivity index (χ1) is 9.50. The highest BCUT2D eigenvalue weighted by Crippen LogP contribution is 2.18. The molecule has 1 amide bonds. The van der Waals surface area contributed by atoms with E-state index in [1.54, 1.807) is 24.2 Å². The van der Waals surface area contributed by atoms with Gasteiger partial charge in [0, 0.05) is 31.1 Å². The van der Waals surface area contributed by atoms with Crippen molar-refractivity contribution in [3.05, 3.63) is 42.1 Å². The second-order valence-electron chi connectivity index (χ2n) is 4.81. The van der Waals surface area contributed by atoms with Gasteiger partial charge in [-0.25, -0.2) is 0 Å². The van der Waals surface area contributed by atoms with Crippen molar-refractivity contribution in [3.8, 4) is 0 Å². The Morgan fingerprint density at radius 3 is 2.80 bits per heavy atom. The molecule has 1 atom stereocenters. The van der Waals surface area contributed by atoms with Crippen molar-refractivity contribution in [2.75, 3.05) is 7.05 Å². The SMILES string of the molecule is CC(CC(N)=S)N(C)C(=O)c1ccnc2ccccc12. The predicted molar refractivity (Wildman–Crippen MR) is 84.7 cm³/mol. The highest BCUT2D eigenvalue weighted by Gasteiger charge is 2.19. The number of benzene rings is 1. The van der Waals surface area contributed by atoms with Crippen LogP contribution in [-0.4, -0.2) is 33.9 Å². The van der Waals surface area contributed by atoms with Crippen molar-refractivity contribution < 1.29 is 4.79 Å². The van der Waals surface area contributed by atoms with Gasteiger partial charge in [-0.2, -0.15) is 0 Å². The van der Waals surface area contributed by atoms with E-state index in [2.05, 4.69) is 4.98 Å². The maximum Gasteiger partial charge on any atom is 0.254 e. The summed E-state index contributed by atoms with van der Waals surface area (Å²) in [5.74, 6) is -0.0487. The molecule has 0 aliphatic heterocycles. The van der Waals surface area contributed by atoms with Crippen LogP contribution in [0.4, 0.5) is 0 Å². The number of rotatable bonds is 4. The lowest BCUT2D eigenvalue weighted by atomic mass is 10.1. The summed E-state index contributed by atoms with van der Waals surface area (Å²) in [6, 6.07) is 9.31. The summed E-state index contributed by atoms with van der Waals surface area (Å²) >= 11 is 4.90. The van der Waals surface area contributed by atoms with E-state index in [1.165, 1.54) is 0 Å². The van der Waals surface area contributed by atoms with Crippen LogP contribution in [-0.2, 0) is 0 Å². The number of carbonyl (C=O) groups is 1. The lowest BCUT2D eigenvalue weighted by Gasteiger charge is -2.25. The molecular weight excluding hydrogens is 270 g/mol. The second kappa shape index (κ2) is 5.96. The molecule has 0 spiro atoms. The minimum atomic E-state index is -0.0487. The third kappa shape index (κ3) is 2.93. The average Bonchev–Trinajstić information content (AvgIpc) is 2.44. The summed E-state index contributed by atoms with van der Waals surface area (Å²) in [7, 11) is 1.76. The highest BCUT2D eigenvalue weighted by molar-refractivity contribution is 7.80. The van der Waals surface area contributed by atoms with Crippen molar-refractivity contribution in [3.63, 3.8) is 0 Å². The Morgan fingerprint density at radius 2 is 2.10 bits per heavy atom. The minimum absolute atomic E-state index is 0.0353. The molecule has 1 heterocycles. The van der Waals surface area contributed by atoms with Gasteiger partial charge < -0.3 is 10.6 Å². The van der Waals surface area contributed by atoms with Gasteiger partial charge in [0.05, 0.1) is 16.1 Å². The number of para-hydroxylation sites is 1. The van der Waals surface area contributed by atoms with Crippen molar-refractivity contribution >= 4 is 34.0 Å². The number of pyridine rings is 1. The average molecular weight is 287 g/mol. The van der Waals surface area contributed by atoms with Gasteiger partial charge in [-0.3, -0.25) is 9.78 Å². The molecule has 0 aliphatic rings. The van der Waals surface area contributed by atoms with Crippen LogP contribution in [0.5, 0.6) is 0 Å². The third-order valence-corrected chi connectivity index (χ3v) is 3.52. The third-order valence-electron chi connectivity index (χ3n) is 3.36. The highest BCUT2D eigenvalue weighted by atomic mass is 32.1. The van der Waals surface area contributed by atoms with Crippen LogP contribution in [0, 0.1) is 0 Å². The van der Waals surface area contributed by atoms with E-state index >= 15 is 0 Å². The molecule has 1 aromatic carbocycles. The van der Waals surface area contributed by atoms with E-state index in [1.807, 2.05) is 31.2 Å². The van der Waals surface area contributed by atoms with E-state index in [0.717, 1.165) is 10.9 Å². The number of carbonyl (C=O) groups excluding carboxylic acids is 1. The zero-order valence-corrected chi connectivity index (χ0v) is 12.4. The summed E-state index contributed by atoms with van der Waals surface area (Å²) in [6.45, 7) is 1.93. The normalized spacial score (nSPS) is 12.1. The van der Waals surface area contributed by atoms with Crippen LogP contribution < -0.4 is 5.73 Å².